The van der Waals surface area contributed by atoms with Crippen molar-refractivity contribution in [3.63, 3.8) is 0 Å². The topological polar surface area (TPSA) is 24.4 Å². The van der Waals surface area contributed by atoms with Crippen molar-refractivity contribution in [1.82, 2.24) is 5.43 Å². The van der Waals surface area contributed by atoms with Crippen LogP contribution in [0.15, 0.2) is 23.3 Å². The van der Waals surface area contributed by atoms with Crippen LogP contribution in [-0.2, 0) is 0 Å². The molecule has 0 aliphatic rings. The molecule has 0 heterocycles. The molecule has 12 heavy (non-hydrogen) atoms. The Morgan fingerprint density at radius 2 is 2.08 bits per heavy atom. The molecule has 0 amide bonds. The summed E-state index contributed by atoms with van der Waals surface area (Å²) in [6, 6.07) is 5.33. The van der Waals surface area contributed by atoms with Crippen molar-refractivity contribution in [3.8, 4) is 0 Å². The Bertz CT molecular complexity index is 297. The van der Waals surface area contributed by atoms with Crippen LogP contribution in [0.3, 0.4) is 0 Å². The molecule has 0 aromatic heterocycles. The molecule has 0 radical (unpaired) electrons. The molecular weight excluding hydrogens is 195 g/mol. The summed E-state index contributed by atoms with van der Waals surface area (Å²) in [6.07, 6.45) is 1.67. The van der Waals surface area contributed by atoms with E-state index in [1.54, 1.807) is 25.4 Å². The number of nitrogens with zero attached hydrogens (tertiary/aromatic N) is 1. The minimum absolute atomic E-state index is 0.539. The fourth-order valence-corrected chi connectivity index (χ4v) is 1.04. The molecule has 1 rings (SSSR count). The third-order valence-electron chi connectivity index (χ3n) is 1.29. The van der Waals surface area contributed by atoms with Gasteiger partial charge in [0.25, 0.3) is 0 Å². The van der Waals surface area contributed by atoms with Crippen molar-refractivity contribution in [2.45, 2.75) is 0 Å². The van der Waals surface area contributed by atoms with Crippen LogP contribution in [0.1, 0.15) is 5.56 Å². The molecule has 0 bridgehead atoms. The molecule has 0 aliphatic heterocycles. The first-order chi connectivity index (χ1) is 5.74. The fraction of sp³-hybridized carbons (Fsp3) is 0.125. The lowest BCUT2D eigenvalue weighted by Crippen LogP contribution is -1.94. The van der Waals surface area contributed by atoms with E-state index in [4.69, 9.17) is 23.2 Å². The summed E-state index contributed by atoms with van der Waals surface area (Å²) < 4.78 is 0. The molecule has 0 atom stereocenters. The highest BCUT2D eigenvalue weighted by molar-refractivity contribution is 6.42. The summed E-state index contributed by atoms with van der Waals surface area (Å²) in [5, 5.41) is 4.93. The largest absolute Gasteiger partial charge is 0.313 e. The Morgan fingerprint density at radius 3 is 2.67 bits per heavy atom. The molecule has 2 nitrogen and oxygen atoms in total. The zero-order valence-electron chi connectivity index (χ0n) is 6.51. The maximum absolute atomic E-state index is 5.78. The van der Waals surface area contributed by atoms with Crippen LogP contribution in [0, 0.1) is 0 Å². The van der Waals surface area contributed by atoms with Gasteiger partial charge >= 0.3 is 0 Å². The SMILES string of the molecule is CN/N=C\c1ccc(Cl)c(Cl)c1. The van der Waals surface area contributed by atoms with Gasteiger partial charge in [-0.05, 0) is 17.7 Å². The van der Waals surface area contributed by atoms with Crippen LogP contribution in [0.2, 0.25) is 10.0 Å². The second kappa shape index (κ2) is 4.33. The van der Waals surface area contributed by atoms with Gasteiger partial charge in [-0.3, -0.25) is 0 Å². The second-order valence-corrected chi connectivity index (χ2v) is 2.97. The lowest BCUT2D eigenvalue weighted by atomic mass is 10.2. The van der Waals surface area contributed by atoms with Crippen LogP contribution in [0.4, 0.5) is 0 Å². The van der Waals surface area contributed by atoms with E-state index in [9.17, 15) is 0 Å². The third kappa shape index (κ3) is 2.40. The van der Waals surface area contributed by atoms with Crippen LogP contribution in [0.5, 0.6) is 0 Å². The number of hydrazone groups is 1. The normalized spacial score (nSPS) is 10.6. The maximum Gasteiger partial charge on any atom is 0.0598 e. The standard InChI is InChI=1S/C8H8Cl2N2/c1-11-12-5-6-2-3-7(9)8(10)4-6/h2-5,11H,1H3/b12-5-. The quantitative estimate of drug-likeness (QED) is 0.579. The van der Waals surface area contributed by atoms with Gasteiger partial charge in [0.2, 0.25) is 0 Å². The minimum atomic E-state index is 0.539. The van der Waals surface area contributed by atoms with Gasteiger partial charge in [-0.2, -0.15) is 5.10 Å². The van der Waals surface area contributed by atoms with E-state index in [0.29, 0.717) is 10.0 Å². The van der Waals surface area contributed by atoms with Gasteiger partial charge in [-0.1, -0.05) is 29.3 Å². The molecule has 4 heteroatoms. The van der Waals surface area contributed by atoms with Gasteiger partial charge in [-0.25, -0.2) is 0 Å². The highest BCUT2D eigenvalue weighted by atomic mass is 35.5. The van der Waals surface area contributed by atoms with Gasteiger partial charge in [-0.15, -0.1) is 0 Å². The lowest BCUT2D eigenvalue weighted by Gasteiger charge is -1.96. The number of benzene rings is 1. The average molecular weight is 203 g/mol. The Balaban J connectivity index is 2.89. The Labute approximate surface area is 81.2 Å². The number of nitrogens with one attached hydrogen (secondary N) is 1. The monoisotopic (exact) mass is 202 g/mol. The van der Waals surface area contributed by atoms with E-state index < -0.39 is 0 Å². The smallest absolute Gasteiger partial charge is 0.0598 e. The summed E-state index contributed by atoms with van der Waals surface area (Å²) in [7, 11) is 1.73. The van der Waals surface area contributed by atoms with Crippen molar-refractivity contribution in [2.24, 2.45) is 5.10 Å². The van der Waals surface area contributed by atoms with Gasteiger partial charge < -0.3 is 5.43 Å². The molecule has 0 unspecified atom stereocenters. The lowest BCUT2D eigenvalue weighted by molar-refractivity contribution is 0.908. The molecule has 0 saturated heterocycles. The van der Waals surface area contributed by atoms with Crippen LogP contribution >= 0.6 is 23.2 Å². The molecule has 64 valence electrons. The molecular formula is C8H8Cl2N2. The summed E-state index contributed by atoms with van der Waals surface area (Å²) in [4.78, 5) is 0. The first-order valence-corrected chi connectivity index (χ1v) is 4.14. The highest BCUT2D eigenvalue weighted by Crippen LogP contribution is 2.21. The van der Waals surface area contributed by atoms with Gasteiger partial charge in [0.15, 0.2) is 0 Å². The minimum Gasteiger partial charge on any atom is -0.313 e. The van der Waals surface area contributed by atoms with E-state index in [-0.39, 0.29) is 0 Å². The van der Waals surface area contributed by atoms with Gasteiger partial charge in [0, 0.05) is 7.05 Å². The van der Waals surface area contributed by atoms with E-state index in [1.165, 1.54) is 0 Å². The van der Waals surface area contributed by atoms with Crippen LogP contribution in [-0.4, -0.2) is 13.3 Å². The number of halogens is 2. The van der Waals surface area contributed by atoms with Gasteiger partial charge in [0.05, 0.1) is 16.3 Å². The molecule has 1 N–H and O–H groups in total. The molecule has 1 aromatic carbocycles. The first-order valence-electron chi connectivity index (χ1n) is 3.39. The van der Waals surface area contributed by atoms with Crippen molar-refractivity contribution in [1.29, 1.82) is 0 Å². The molecule has 0 spiro atoms. The van der Waals surface area contributed by atoms with E-state index in [0.717, 1.165) is 5.56 Å². The summed E-state index contributed by atoms with van der Waals surface area (Å²) in [5.74, 6) is 0. The maximum atomic E-state index is 5.78. The van der Waals surface area contributed by atoms with Crippen molar-refractivity contribution in [3.05, 3.63) is 33.8 Å². The summed E-state index contributed by atoms with van der Waals surface area (Å²) in [6.45, 7) is 0. The number of hydrogen-bond acceptors (Lipinski definition) is 2. The van der Waals surface area contributed by atoms with Crippen LogP contribution < -0.4 is 5.43 Å². The molecule has 0 aliphatic carbocycles. The zero-order valence-corrected chi connectivity index (χ0v) is 8.02. The van der Waals surface area contributed by atoms with Crippen molar-refractivity contribution >= 4 is 29.4 Å². The fourth-order valence-electron chi connectivity index (χ4n) is 0.732. The average Bonchev–Trinajstić information content (AvgIpc) is 2.07. The number of hydrogen-bond donors (Lipinski definition) is 1. The third-order valence-corrected chi connectivity index (χ3v) is 2.03. The molecule has 0 saturated carbocycles. The Hall–Kier alpha value is -0.730. The second-order valence-electron chi connectivity index (χ2n) is 2.16. The van der Waals surface area contributed by atoms with E-state index in [1.807, 2.05) is 6.07 Å². The number of rotatable bonds is 2. The molecule has 0 fully saturated rings. The predicted molar refractivity (Wildman–Crippen MR) is 53.1 cm³/mol. The first kappa shape index (κ1) is 9.36. The Morgan fingerprint density at radius 1 is 1.33 bits per heavy atom. The predicted octanol–water partition coefficient (Wildman–Crippen LogP) is 2.55. The van der Waals surface area contributed by atoms with Crippen LogP contribution in [0.25, 0.3) is 0 Å². The Kier molecular flexibility index (Phi) is 3.38. The van der Waals surface area contributed by atoms with Crippen molar-refractivity contribution < 1.29 is 0 Å². The summed E-state index contributed by atoms with van der Waals surface area (Å²) in [5.41, 5.74) is 3.56. The van der Waals surface area contributed by atoms with E-state index >= 15 is 0 Å². The van der Waals surface area contributed by atoms with E-state index in [2.05, 4.69) is 10.5 Å². The summed E-state index contributed by atoms with van der Waals surface area (Å²) >= 11 is 11.5. The molecule has 1 aromatic rings. The zero-order chi connectivity index (χ0) is 8.97. The van der Waals surface area contributed by atoms with Gasteiger partial charge in [0.1, 0.15) is 0 Å². The van der Waals surface area contributed by atoms with Crippen molar-refractivity contribution in [2.75, 3.05) is 7.05 Å². The highest BCUT2D eigenvalue weighted by Gasteiger charge is 1.96.